The zero-order chi connectivity index (χ0) is 16.2. The fourth-order valence-corrected chi connectivity index (χ4v) is 3.92. The SMILES string of the molecule is O=C(O)C(=Cc1ccccc1)CC(=O)N1CC[C@@H]2CCCC[C@@H]21. The molecule has 0 bridgehead atoms. The van der Waals surface area contributed by atoms with E-state index >= 15 is 0 Å². The Bertz CT molecular complexity index is 608. The van der Waals surface area contributed by atoms with Crippen molar-refractivity contribution >= 4 is 18.0 Å². The van der Waals surface area contributed by atoms with E-state index in [0.29, 0.717) is 12.0 Å². The van der Waals surface area contributed by atoms with Crippen molar-refractivity contribution in [2.24, 2.45) is 5.92 Å². The summed E-state index contributed by atoms with van der Waals surface area (Å²) in [6.07, 6.45) is 7.37. The molecule has 2 fully saturated rings. The van der Waals surface area contributed by atoms with E-state index in [4.69, 9.17) is 0 Å². The molecule has 122 valence electrons. The third-order valence-corrected chi connectivity index (χ3v) is 5.09. The molecule has 0 unspecified atom stereocenters. The van der Waals surface area contributed by atoms with Crippen LogP contribution in [0.3, 0.4) is 0 Å². The lowest BCUT2D eigenvalue weighted by molar-refractivity contribution is -0.137. The quantitative estimate of drug-likeness (QED) is 0.867. The van der Waals surface area contributed by atoms with Gasteiger partial charge in [-0.15, -0.1) is 0 Å². The van der Waals surface area contributed by atoms with Gasteiger partial charge in [-0.25, -0.2) is 4.79 Å². The van der Waals surface area contributed by atoms with E-state index < -0.39 is 5.97 Å². The van der Waals surface area contributed by atoms with Gasteiger partial charge in [-0.1, -0.05) is 43.2 Å². The minimum Gasteiger partial charge on any atom is -0.478 e. The lowest BCUT2D eigenvalue weighted by Gasteiger charge is -2.31. The maximum atomic E-state index is 12.6. The first-order valence-electron chi connectivity index (χ1n) is 8.43. The normalized spacial score (nSPS) is 24.3. The number of carbonyl (C=O) groups excluding carboxylic acids is 1. The van der Waals surface area contributed by atoms with Gasteiger partial charge in [0, 0.05) is 18.2 Å². The van der Waals surface area contributed by atoms with E-state index in [1.807, 2.05) is 35.2 Å². The van der Waals surface area contributed by atoms with E-state index in [9.17, 15) is 14.7 Å². The van der Waals surface area contributed by atoms with Gasteiger partial charge in [0.05, 0.1) is 6.42 Å². The first kappa shape index (κ1) is 15.8. The van der Waals surface area contributed by atoms with Crippen LogP contribution in [0, 0.1) is 5.92 Å². The fraction of sp³-hybridized carbons (Fsp3) is 0.474. The second kappa shape index (κ2) is 6.99. The molecule has 1 amide bonds. The molecule has 1 N–H and O–H groups in total. The van der Waals surface area contributed by atoms with Gasteiger partial charge in [0.1, 0.15) is 0 Å². The lowest BCUT2D eigenvalue weighted by Crippen LogP contribution is -2.39. The summed E-state index contributed by atoms with van der Waals surface area (Å²) in [5, 5.41) is 9.42. The summed E-state index contributed by atoms with van der Waals surface area (Å²) in [5.74, 6) is -0.426. The Morgan fingerprint density at radius 1 is 1.13 bits per heavy atom. The average Bonchev–Trinajstić information content (AvgIpc) is 2.99. The number of benzene rings is 1. The number of amides is 1. The molecule has 1 aliphatic carbocycles. The summed E-state index contributed by atoms with van der Waals surface area (Å²) in [7, 11) is 0. The van der Waals surface area contributed by atoms with Crippen LogP contribution in [0.4, 0.5) is 0 Å². The summed E-state index contributed by atoms with van der Waals surface area (Å²) in [6.45, 7) is 0.784. The van der Waals surface area contributed by atoms with Gasteiger partial charge in [-0.05, 0) is 36.8 Å². The van der Waals surface area contributed by atoms with Crippen LogP contribution in [0.1, 0.15) is 44.1 Å². The molecule has 1 aromatic rings. The van der Waals surface area contributed by atoms with Crippen molar-refractivity contribution in [1.82, 2.24) is 4.90 Å². The van der Waals surface area contributed by atoms with Crippen LogP contribution in [-0.2, 0) is 9.59 Å². The summed E-state index contributed by atoms with van der Waals surface area (Å²) in [6, 6.07) is 9.64. The number of fused-ring (bicyclic) bond motifs is 1. The lowest BCUT2D eigenvalue weighted by atomic mass is 9.85. The zero-order valence-corrected chi connectivity index (χ0v) is 13.3. The van der Waals surface area contributed by atoms with E-state index in [1.54, 1.807) is 6.08 Å². The predicted octanol–water partition coefficient (Wildman–Crippen LogP) is 3.34. The number of aliphatic carboxylic acids is 1. The van der Waals surface area contributed by atoms with Crippen LogP contribution in [0.15, 0.2) is 35.9 Å². The van der Waals surface area contributed by atoms with Crippen molar-refractivity contribution < 1.29 is 14.7 Å². The minimum absolute atomic E-state index is 0.0204. The van der Waals surface area contributed by atoms with Gasteiger partial charge in [-0.2, -0.15) is 0 Å². The second-order valence-corrected chi connectivity index (χ2v) is 6.55. The van der Waals surface area contributed by atoms with Gasteiger partial charge >= 0.3 is 5.97 Å². The average molecular weight is 313 g/mol. The van der Waals surface area contributed by atoms with Crippen molar-refractivity contribution in [1.29, 1.82) is 0 Å². The highest BCUT2D eigenvalue weighted by Gasteiger charge is 2.38. The number of hydrogen-bond donors (Lipinski definition) is 1. The van der Waals surface area contributed by atoms with Crippen LogP contribution in [-0.4, -0.2) is 34.5 Å². The second-order valence-electron chi connectivity index (χ2n) is 6.55. The number of nitrogens with zero attached hydrogens (tertiary/aromatic N) is 1. The summed E-state index contributed by atoms with van der Waals surface area (Å²) >= 11 is 0. The third-order valence-electron chi connectivity index (χ3n) is 5.09. The van der Waals surface area contributed by atoms with Crippen LogP contribution in [0.5, 0.6) is 0 Å². The first-order valence-corrected chi connectivity index (χ1v) is 8.43. The highest BCUT2D eigenvalue weighted by molar-refractivity contribution is 5.98. The Kier molecular flexibility index (Phi) is 4.79. The zero-order valence-electron chi connectivity index (χ0n) is 13.3. The number of likely N-dealkylation sites (tertiary alicyclic amines) is 1. The van der Waals surface area contributed by atoms with Crippen molar-refractivity contribution in [3.05, 3.63) is 41.5 Å². The van der Waals surface area contributed by atoms with Gasteiger partial charge in [0.2, 0.25) is 5.91 Å². The molecule has 1 aliphatic heterocycles. The maximum absolute atomic E-state index is 12.6. The minimum atomic E-state index is -1.01. The van der Waals surface area contributed by atoms with Gasteiger partial charge in [0.25, 0.3) is 0 Å². The predicted molar refractivity (Wildman–Crippen MR) is 88.7 cm³/mol. The van der Waals surface area contributed by atoms with Crippen LogP contribution in [0.2, 0.25) is 0 Å². The van der Waals surface area contributed by atoms with Gasteiger partial charge < -0.3 is 10.0 Å². The molecule has 1 saturated carbocycles. The van der Waals surface area contributed by atoms with E-state index in [2.05, 4.69) is 0 Å². The molecule has 2 atom stereocenters. The van der Waals surface area contributed by atoms with E-state index in [-0.39, 0.29) is 17.9 Å². The highest BCUT2D eigenvalue weighted by Crippen LogP contribution is 2.36. The van der Waals surface area contributed by atoms with E-state index in [0.717, 1.165) is 24.9 Å². The topological polar surface area (TPSA) is 57.6 Å². The molecular weight excluding hydrogens is 290 g/mol. The number of carboxylic acids is 1. The Morgan fingerprint density at radius 3 is 2.61 bits per heavy atom. The Balaban J connectivity index is 1.72. The molecular formula is C19H23NO3. The molecule has 2 aliphatic rings. The monoisotopic (exact) mass is 313 g/mol. The van der Waals surface area contributed by atoms with Crippen molar-refractivity contribution in [3.63, 3.8) is 0 Å². The standard InChI is InChI=1S/C19H23NO3/c21-18(20-11-10-15-8-4-5-9-17(15)20)13-16(19(22)23)12-14-6-2-1-3-7-14/h1-3,6-7,12,15,17H,4-5,8-11,13H2,(H,22,23)/t15-,17-/m0/s1. The summed E-state index contributed by atoms with van der Waals surface area (Å²) in [4.78, 5) is 26.1. The highest BCUT2D eigenvalue weighted by atomic mass is 16.4. The largest absolute Gasteiger partial charge is 0.478 e. The van der Waals surface area contributed by atoms with Crippen LogP contribution < -0.4 is 0 Å². The number of hydrogen-bond acceptors (Lipinski definition) is 2. The molecule has 4 nitrogen and oxygen atoms in total. The molecule has 1 heterocycles. The molecule has 0 radical (unpaired) electrons. The Morgan fingerprint density at radius 2 is 1.87 bits per heavy atom. The molecule has 3 rings (SSSR count). The molecule has 0 aromatic heterocycles. The first-order chi connectivity index (χ1) is 11.1. The molecule has 23 heavy (non-hydrogen) atoms. The number of carbonyl (C=O) groups is 2. The smallest absolute Gasteiger partial charge is 0.332 e. The van der Waals surface area contributed by atoms with Gasteiger partial charge in [-0.3, -0.25) is 4.79 Å². The van der Waals surface area contributed by atoms with Crippen LogP contribution >= 0.6 is 0 Å². The number of rotatable bonds is 4. The summed E-state index contributed by atoms with van der Waals surface area (Å²) < 4.78 is 0. The van der Waals surface area contributed by atoms with Crippen molar-refractivity contribution in [3.8, 4) is 0 Å². The van der Waals surface area contributed by atoms with Crippen molar-refractivity contribution in [2.45, 2.75) is 44.6 Å². The Labute approximate surface area is 136 Å². The van der Waals surface area contributed by atoms with Crippen LogP contribution in [0.25, 0.3) is 6.08 Å². The van der Waals surface area contributed by atoms with Gasteiger partial charge in [0.15, 0.2) is 0 Å². The molecule has 4 heteroatoms. The Hall–Kier alpha value is -2.10. The summed E-state index contributed by atoms with van der Waals surface area (Å²) in [5.41, 5.74) is 0.982. The van der Waals surface area contributed by atoms with Crippen molar-refractivity contribution in [2.75, 3.05) is 6.54 Å². The fourth-order valence-electron chi connectivity index (χ4n) is 3.92. The van der Waals surface area contributed by atoms with E-state index in [1.165, 1.54) is 19.3 Å². The molecule has 0 spiro atoms. The third kappa shape index (κ3) is 3.63. The number of carboxylic acid groups (broad SMARTS) is 1. The molecule has 1 aromatic carbocycles. The maximum Gasteiger partial charge on any atom is 0.332 e. The molecule has 1 saturated heterocycles.